The molecule has 0 rings (SSSR count). The number of nitrogens with two attached hydrogens (primary N) is 1. The van der Waals surface area contributed by atoms with Crippen molar-refractivity contribution in [1.29, 1.82) is 0 Å². The second-order valence-electron chi connectivity index (χ2n) is 4.72. The monoisotopic (exact) mass is 297 g/mol. The molecule has 0 aliphatic carbocycles. The summed E-state index contributed by atoms with van der Waals surface area (Å²) in [7, 11) is 0. The van der Waals surface area contributed by atoms with Crippen LogP contribution < -0.4 is 16.4 Å². The average Bonchev–Trinajstić information content (AvgIpc) is 2.44. The summed E-state index contributed by atoms with van der Waals surface area (Å²) >= 11 is 0. The van der Waals surface area contributed by atoms with E-state index in [4.69, 9.17) is 17.3 Å². The number of terminal acetylenes is 1. The van der Waals surface area contributed by atoms with E-state index in [1.165, 1.54) is 6.92 Å². The molecule has 0 aromatic rings. The molecule has 0 aromatic heterocycles. The highest BCUT2D eigenvalue weighted by molar-refractivity contribution is 5.86. The number of carbonyl (C=O) groups excluding carboxylic acids is 2. The lowest BCUT2D eigenvalue weighted by Crippen LogP contribution is -2.47. The summed E-state index contributed by atoms with van der Waals surface area (Å²) in [6.07, 6.45) is 7.55. The number of hydrogen-bond donors (Lipinski definition) is 4. The van der Waals surface area contributed by atoms with Crippen molar-refractivity contribution in [3.8, 4) is 12.3 Å². The molecule has 118 valence electrons. The highest BCUT2D eigenvalue weighted by Gasteiger charge is 2.18. The molecule has 0 fully saturated rings. The van der Waals surface area contributed by atoms with Crippen LogP contribution in [0.5, 0.6) is 0 Å². The summed E-state index contributed by atoms with van der Waals surface area (Å²) in [4.78, 5) is 33.4. The number of carbonyl (C=O) groups is 3. The number of aliphatic carboxylic acids is 1. The molecule has 0 aromatic carbocycles. The minimum absolute atomic E-state index is 0.0923. The summed E-state index contributed by atoms with van der Waals surface area (Å²) in [5.74, 6) is 0.705. The second-order valence-corrected chi connectivity index (χ2v) is 4.72. The fourth-order valence-electron chi connectivity index (χ4n) is 1.50. The summed E-state index contributed by atoms with van der Waals surface area (Å²) in [5, 5.41) is 13.7. The van der Waals surface area contributed by atoms with Crippen LogP contribution in [0.3, 0.4) is 0 Å². The molecule has 7 heteroatoms. The van der Waals surface area contributed by atoms with Gasteiger partial charge < -0.3 is 21.5 Å². The van der Waals surface area contributed by atoms with E-state index >= 15 is 0 Å². The van der Waals surface area contributed by atoms with Crippen molar-refractivity contribution in [2.45, 2.75) is 51.1 Å². The van der Waals surface area contributed by atoms with Gasteiger partial charge in [-0.15, -0.1) is 12.3 Å². The Morgan fingerprint density at radius 2 is 2.00 bits per heavy atom. The fourth-order valence-corrected chi connectivity index (χ4v) is 1.50. The Balaban J connectivity index is 3.72. The Kier molecular flexibility index (Phi) is 9.63. The minimum Gasteiger partial charge on any atom is -0.480 e. The van der Waals surface area contributed by atoms with Gasteiger partial charge in [0.2, 0.25) is 11.8 Å². The lowest BCUT2D eigenvalue weighted by Gasteiger charge is -2.14. The first-order valence-electron chi connectivity index (χ1n) is 6.87. The van der Waals surface area contributed by atoms with Crippen molar-refractivity contribution in [2.75, 3.05) is 6.54 Å². The standard InChI is InChI=1S/C14H23N3O4/c1-3-4-8-12(18)16-9-6-5-7-11(15)13(19)17-10(2)14(20)21/h1,10-11H,4-9,15H2,2H3,(H,16,18)(H,17,19)(H,20,21)/t10-,11-/m0/s1. The van der Waals surface area contributed by atoms with Crippen molar-refractivity contribution in [3.05, 3.63) is 0 Å². The van der Waals surface area contributed by atoms with Crippen LogP contribution in [-0.4, -0.2) is 41.5 Å². The summed E-state index contributed by atoms with van der Waals surface area (Å²) in [6, 6.07) is -1.71. The Morgan fingerprint density at radius 3 is 2.57 bits per heavy atom. The van der Waals surface area contributed by atoms with Crippen LogP contribution in [0.4, 0.5) is 0 Å². The van der Waals surface area contributed by atoms with Crippen LogP contribution in [-0.2, 0) is 14.4 Å². The zero-order chi connectivity index (χ0) is 16.3. The molecule has 2 atom stereocenters. The molecule has 2 amide bonds. The quantitative estimate of drug-likeness (QED) is 0.323. The van der Waals surface area contributed by atoms with E-state index in [9.17, 15) is 14.4 Å². The fraction of sp³-hybridized carbons (Fsp3) is 0.643. The molecular weight excluding hydrogens is 274 g/mol. The normalized spacial score (nSPS) is 12.8. The third-order valence-electron chi connectivity index (χ3n) is 2.83. The molecule has 0 unspecified atom stereocenters. The predicted octanol–water partition coefficient (Wildman–Crippen LogP) is -0.397. The van der Waals surface area contributed by atoms with Crippen molar-refractivity contribution in [2.24, 2.45) is 5.73 Å². The van der Waals surface area contributed by atoms with Crippen molar-refractivity contribution in [1.82, 2.24) is 10.6 Å². The van der Waals surface area contributed by atoms with Gasteiger partial charge in [0.1, 0.15) is 6.04 Å². The molecule has 7 nitrogen and oxygen atoms in total. The first-order chi connectivity index (χ1) is 9.88. The maximum absolute atomic E-state index is 11.6. The van der Waals surface area contributed by atoms with Crippen molar-refractivity contribution >= 4 is 17.8 Å². The van der Waals surface area contributed by atoms with Crippen LogP contribution in [0.1, 0.15) is 39.0 Å². The summed E-state index contributed by atoms with van der Waals surface area (Å²) in [6.45, 7) is 1.88. The van der Waals surface area contributed by atoms with Gasteiger partial charge in [-0.25, -0.2) is 0 Å². The predicted molar refractivity (Wildman–Crippen MR) is 78.1 cm³/mol. The number of hydrogen-bond acceptors (Lipinski definition) is 4. The van der Waals surface area contributed by atoms with E-state index < -0.39 is 24.0 Å². The Morgan fingerprint density at radius 1 is 1.33 bits per heavy atom. The first kappa shape index (κ1) is 18.9. The maximum atomic E-state index is 11.6. The number of rotatable bonds is 10. The molecule has 0 spiro atoms. The van der Waals surface area contributed by atoms with E-state index in [0.29, 0.717) is 38.6 Å². The number of nitrogens with one attached hydrogen (secondary N) is 2. The van der Waals surface area contributed by atoms with Gasteiger partial charge >= 0.3 is 5.97 Å². The molecule has 0 saturated carbocycles. The third kappa shape index (κ3) is 9.46. The Labute approximate surface area is 124 Å². The van der Waals surface area contributed by atoms with E-state index in [2.05, 4.69) is 16.6 Å². The SMILES string of the molecule is C#CCCC(=O)NCCCC[C@H](N)C(=O)N[C@@H](C)C(=O)O. The average molecular weight is 297 g/mol. The maximum Gasteiger partial charge on any atom is 0.325 e. The van der Waals surface area contributed by atoms with Gasteiger partial charge in [-0.1, -0.05) is 0 Å². The molecular formula is C14H23N3O4. The van der Waals surface area contributed by atoms with Gasteiger partial charge in [0.05, 0.1) is 6.04 Å². The van der Waals surface area contributed by atoms with Gasteiger partial charge in [0.15, 0.2) is 0 Å². The van der Waals surface area contributed by atoms with Crippen LogP contribution in [0.2, 0.25) is 0 Å². The molecule has 21 heavy (non-hydrogen) atoms. The van der Waals surface area contributed by atoms with Crippen LogP contribution >= 0.6 is 0 Å². The molecule has 0 aliphatic heterocycles. The summed E-state index contributed by atoms with van der Waals surface area (Å²) < 4.78 is 0. The molecule has 0 aliphatic rings. The smallest absolute Gasteiger partial charge is 0.325 e. The molecule has 0 heterocycles. The van der Waals surface area contributed by atoms with Crippen LogP contribution in [0.15, 0.2) is 0 Å². The zero-order valence-corrected chi connectivity index (χ0v) is 12.2. The van der Waals surface area contributed by atoms with Crippen LogP contribution in [0.25, 0.3) is 0 Å². The minimum atomic E-state index is -1.11. The summed E-state index contributed by atoms with van der Waals surface area (Å²) in [5.41, 5.74) is 5.66. The molecule has 5 N–H and O–H groups in total. The topological polar surface area (TPSA) is 122 Å². The van der Waals surface area contributed by atoms with Crippen molar-refractivity contribution < 1.29 is 19.5 Å². The lowest BCUT2D eigenvalue weighted by atomic mass is 10.1. The number of carboxylic acids is 1. The Hall–Kier alpha value is -2.07. The lowest BCUT2D eigenvalue weighted by molar-refractivity contribution is -0.141. The number of carboxylic acid groups (broad SMARTS) is 1. The van der Waals surface area contributed by atoms with Gasteiger partial charge in [-0.3, -0.25) is 14.4 Å². The molecule has 0 radical (unpaired) electrons. The zero-order valence-electron chi connectivity index (χ0n) is 12.2. The molecule has 0 bridgehead atoms. The van der Waals surface area contributed by atoms with Crippen molar-refractivity contribution in [3.63, 3.8) is 0 Å². The van der Waals surface area contributed by atoms with Crippen LogP contribution in [0, 0.1) is 12.3 Å². The van der Waals surface area contributed by atoms with Gasteiger partial charge in [0, 0.05) is 19.4 Å². The highest BCUT2D eigenvalue weighted by Crippen LogP contribution is 1.99. The largest absolute Gasteiger partial charge is 0.480 e. The first-order valence-corrected chi connectivity index (χ1v) is 6.87. The third-order valence-corrected chi connectivity index (χ3v) is 2.83. The highest BCUT2D eigenvalue weighted by atomic mass is 16.4. The number of amides is 2. The van der Waals surface area contributed by atoms with Gasteiger partial charge in [-0.05, 0) is 26.2 Å². The molecule has 0 saturated heterocycles. The van der Waals surface area contributed by atoms with Gasteiger partial charge in [0.25, 0.3) is 0 Å². The number of unbranched alkanes of at least 4 members (excludes halogenated alkanes) is 1. The van der Waals surface area contributed by atoms with Gasteiger partial charge in [-0.2, -0.15) is 0 Å². The Bertz CT molecular complexity index is 404. The van der Waals surface area contributed by atoms with E-state index in [-0.39, 0.29) is 5.91 Å². The second kappa shape index (κ2) is 10.7. The van der Waals surface area contributed by atoms with E-state index in [1.807, 2.05) is 0 Å². The van der Waals surface area contributed by atoms with E-state index in [0.717, 1.165) is 0 Å². The van der Waals surface area contributed by atoms with E-state index in [1.54, 1.807) is 0 Å².